The number of pyridine rings is 1. The van der Waals surface area contributed by atoms with Crippen molar-refractivity contribution in [2.24, 2.45) is 0 Å². The molecule has 0 aromatic carbocycles. The largest absolute Gasteiger partial charge is 0.454 e. The van der Waals surface area contributed by atoms with E-state index in [0.29, 0.717) is 23.5 Å². The van der Waals surface area contributed by atoms with Gasteiger partial charge in [-0.25, -0.2) is 0 Å². The van der Waals surface area contributed by atoms with Gasteiger partial charge >= 0.3 is 0 Å². The van der Waals surface area contributed by atoms with Gasteiger partial charge in [0.1, 0.15) is 17.6 Å². The van der Waals surface area contributed by atoms with E-state index in [9.17, 15) is 0 Å². The number of ether oxygens (including phenoxy) is 1. The van der Waals surface area contributed by atoms with Crippen molar-refractivity contribution in [3.8, 4) is 11.8 Å². The molecule has 1 aromatic heterocycles. The normalized spacial score (nSPS) is 14.7. The third-order valence-corrected chi connectivity index (χ3v) is 2.70. The van der Waals surface area contributed by atoms with Crippen molar-refractivity contribution in [3.63, 3.8) is 0 Å². The van der Waals surface area contributed by atoms with Gasteiger partial charge in [-0.05, 0) is 43.2 Å². The maximum absolute atomic E-state index is 9.16. The monoisotopic (exact) mass is 254 g/mol. The first kappa shape index (κ1) is 13.1. The van der Waals surface area contributed by atoms with Gasteiger partial charge in [0.05, 0.1) is 18.4 Å². The molecule has 2 rings (SSSR count). The molecule has 1 heterocycles. The number of nitriles is 1. The van der Waals surface area contributed by atoms with Crippen molar-refractivity contribution < 1.29 is 9.84 Å². The first-order valence-corrected chi connectivity index (χ1v) is 5.94. The number of allylic oxidation sites excluding steroid dienone is 4. The fraction of sp³-hybridized carbons (Fsp3) is 0.200. The Hall–Kier alpha value is -2.38. The van der Waals surface area contributed by atoms with Gasteiger partial charge < -0.3 is 9.84 Å². The van der Waals surface area contributed by atoms with E-state index in [1.807, 2.05) is 19.1 Å². The molecule has 0 saturated heterocycles. The predicted molar refractivity (Wildman–Crippen MR) is 71.2 cm³/mol. The number of aromatic nitrogens is 1. The zero-order valence-electron chi connectivity index (χ0n) is 10.6. The first-order chi connectivity index (χ1) is 9.22. The van der Waals surface area contributed by atoms with Crippen LogP contribution in [-0.2, 0) is 0 Å². The van der Waals surface area contributed by atoms with E-state index in [1.165, 1.54) is 0 Å². The van der Waals surface area contributed by atoms with Gasteiger partial charge in [-0.2, -0.15) is 5.26 Å². The molecule has 4 heteroatoms. The van der Waals surface area contributed by atoms with Crippen LogP contribution in [0, 0.1) is 18.3 Å². The minimum Gasteiger partial charge on any atom is -0.454 e. The third kappa shape index (κ3) is 3.30. The molecule has 0 atom stereocenters. The molecule has 1 aliphatic rings. The van der Waals surface area contributed by atoms with Crippen LogP contribution in [-0.4, -0.2) is 16.7 Å². The lowest BCUT2D eigenvalue weighted by molar-refractivity contribution is 0.329. The van der Waals surface area contributed by atoms with Gasteiger partial charge in [0.2, 0.25) is 0 Å². The van der Waals surface area contributed by atoms with Gasteiger partial charge in [-0.1, -0.05) is 6.08 Å². The number of nitrogens with zero attached hydrogens (tertiary/aromatic N) is 2. The van der Waals surface area contributed by atoms with Crippen molar-refractivity contribution in [1.82, 2.24) is 4.98 Å². The third-order valence-electron chi connectivity index (χ3n) is 2.70. The Morgan fingerprint density at radius 3 is 2.95 bits per heavy atom. The molecule has 0 radical (unpaired) electrons. The van der Waals surface area contributed by atoms with Crippen LogP contribution >= 0.6 is 0 Å². The molecular formula is C15H14N2O2. The molecule has 0 bridgehead atoms. The van der Waals surface area contributed by atoms with Crippen LogP contribution in [0.3, 0.4) is 0 Å². The molecule has 0 aliphatic heterocycles. The number of aliphatic hydroxyl groups is 1. The molecule has 0 amide bonds. The number of aliphatic hydroxyl groups excluding tert-OH is 1. The lowest BCUT2D eigenvalue weighted by Crippen LogP contribution is -1.97. The van der Waals surface area contributed by atoms with Crippen molar-refractivity contribution in [2.45, 2.75) is 13.3 Å². The van der Waals surface area contributed by atoms with Gasteiger partial charge in [0.25, 0.3) is 0 Å². The highest BCUT2D eigenvalue weighted by atomic mass is 16.5. The zero-order chi connectivity index (χ0) is 13.7. The van der Waals surface area contributed by atoms with Gasteiger partial charge in [-0.15, -0.1) is 0 Å². The fourth-order valence-corrected chi connectivity index (χ4v) is 1.67. The van der Waals surface area contributed by atoms with Gasteiger partial charge in [-0.3, -0.25) is 4.98 Å². The van der Waals surface area contributed by atoms with Crippen LogP contribution in [0.4, 0.5) is 0 Å². The predicted octanol–water partition coefficient (Wildman–Crippen LogP) is 2.43. The second-order valence-electron chi connectivity index (χ2n) is 4.19. The van der Waals surface area contributed by atoms with Crippen molar-refractivity contribution in [3.05, 3.63) is 59.2 Å². The molecular weight excluding hydrogens is 240 g/mol. The standard InChI is InChI=1S/C15H14N2O2/c1-11-5-6-14(9-17-11)19-15-4-2-3-12(10-18)7-13(15)8-16/h2,4-7,9,18H,3,10H2,1H3. The van der Waals surface area contributed by atoms with Crippen LogP contribution in [0.5, 0.6) is 5.75 Å². The SMILES string of the molecule is Cc1ccc(OC2=C(C#N)C=C(CO)CC=C2)cn1. The number of rotatable bonds is 3. The highest BCUT2D eigenvalue weighted by molar-refractivity contribution is 5.45. The van der Waals surface area contributed by atoms with Gasteiger partial charge in [0, 0.05) is 5.69 Å². The number of hydrogen-bond donors (Lipinski definition) is 1. The summed E-state index contributed by atoms with van der Waals surface area (Å²) in [5.74, 6) is 1.05. The molecule has 0 spiro atoms. The summed E-state index contributed by atoms with van der Waals surface area (Å²) in [6.07, 6.45) is 7.51. The van der Waals surface area contributed by atoms with Crippen LogP contribution < -0.4 is 4.74 Å². The summed E-state index contributed by atoms with van der Waals surface area (Å²) >= 11 is 0. The fourth-order valence-electron chi connectivity index (χ4n) is 1.67. The second-order valence-corrected chi connectivity index (χ2v) is 4.19. The van der Waals surface area contributed by atoms with Crippen LogP contribution in [0.25, 0.3) is 0 Å². The molecule has 96 valence electrons. The summed E-state index contributed by atoms with van der Waals surface area (Å²) in [6.45, 7) is 1.83. The molecule has 1 N–H and O–H groups in total. The number of aryl methyl sites for hydroxylation is 1. The topological polar surface area (TPSA) is 66.1 Å². The molecule has 4 nitrogen and oxygen atoms in total. The van der Waals surface area contributed by atoms with Crippen LogP contribution in [0.15, 0.2) is 53.5 Å². The van der Waals surface area contributed by atoms with Crippen LogP contribution in [0.2, 0.25) is 0 Å². The first-order valence-electron chi connectivity index (χ1n) is 5.94. The Labute approximate surface area is 112 Å². The van der Waals surface area contributed by atoms with E-state index < -0.39 is 0 Å². The van der Waals surface area contributed by atoms with Gasteiger partial charge in [0.15, 0.2) is 0 Å². The summed E-state index contributed by atoms with van der Waals surface area (Å²) in [6, 6.07) is 5.74. The Bertz CT molecular complexity index is 590. The smallest absolute Gasteiger partial charge is 0.145 e. The lowest BCUT2D eigenvalue weighted by atomic mass is 10.1. The molecule has 1 aliphatic carbocycles. The minimum absolute atomic E-state index is 0.0606. The highest BCUT2D eigenvalue weighted by Gasteiger charge is 2.09. The second kappa shape index (κ2) is 5.98. The minimum atomic E-state index is -0.0606. The average molecular weight is 254 g/mol. The van der Waals surface area contributed by atoms with Crippen molar-refractivity contribution in [2.75, 3.05) is 6.61 Å². The summed E-state index contributed by atoms with van der Waals surface area (Å²) in [4.78, 5) is 4.14. The summed E-state index contributed by atoms with van der Waals surface area (Å²) in [7, 11) is 0. The summed E-state index contributed by atoms with van der Waals surface area (Å²) in [5, 5.41) is 18.3. The van der Waals surface area contributed by atoms with Crippen molar-refractivity contribution >= 4 is 0 Å². The Kier molecular flexibility index (Phi) is 4.11. The van der Waals surface area contributed by atoms with Crippen LogP contribution in [0.1, 0.15) is 12.1 Å². The van der Waals surface area contributed by atoms with E-state index in [-0.39, 0.29) is 6.61 Å². The maximum Gasteiger partial charge on any atom is 0.145 e. The van der Waals surface area contributed by atoms with E-state index in [1.54, 1.807) is 24.4 Å². The molecule has 0 fully saturated rings. The van der Waals surface area contributed by atoms with Crippen molar-refractivity contribution in [1.29, 1.82) is 5.26 Å². The Morgan fingerprint density at radius 1 is 1.47 bits per heavy atom. The average Bonchev–Trinajstić information content (AvgIpc) is 2.63. The lowest BCUT2D eigenvalue weighted by Gasteiger charge is -2.06. The van der Waals surface area contributed by atoms with E-state index >= 15 is 0 Å². The maximum atomic E-state index is 9.16. The molecule has 1 aromatic rings. The molecule has 0 saturated carbocycles. The summed E-state index contributed by atoms with van der Waals surface area (Å²) in [5.41, 5.74) is 2.09. The molecule has 0 unspecified atom stereocenters. The zero-order valence-corrected chi connectivity index (χ0v) is 10.6. The summed E-state index contributed by atoms with van der Waals surface area (Å²) < 4.78 is 5.67. The van der Waals surface area contributed by atoms with E-state index in [0.717, 1.165) is 11.3 Å². The molecule has 19 heavy (non-hydrogen) atoms. The Morgan fingerprint density at radius 2 is 2.32 bits per heavy atom. The number of hydrogen-bond acceptors (Lipinski definition) is 4. The van der Waals surface area contributed by atoms with E-state index in [2.05, 4.69) is 11.1 Å². The highest BCUT2D eigenvalue weighted by Crippen LogP contribution is 2.21. The Balaban J connectivity index is 2.31. The quantitative estimate of drug-likeness (QED) is 0.899. The van der Waals surface area contributed by atoms with E-state index in [4.69, 9.17) is 15.1 Å².